The van der Waals surface area contributed by atoms with Crippen molar-refractivity contribution in [3.63, 3.8) is 0 Å². The first-order chi connectivity index (χ1) is 12.2. The topological polar surface area (TPSA) is 87.3 Å². The summed E-state index contributed by atoms with van der Waals surface area (Å²) < 4.78 is 1.93. The smallest absolute Gasteiger partial charge is 0.226 e. The number of aliphatic hydroxyl groups is 2. The number of rotatable bonds is 3. The van der Waals surface area contributed by atoms with Gasteiger partial charge in [-0.3, -0.25) is 4.68 Å². The molecule has 0 fully saturated rings. The van der Waals surface area contributed by atoms with Crippen molar-refractivity contribution < 1.29 is 10.2 Å². The maximum absolute atomic E-state index is 9.84. The molecule has 0 unspecified atom stereocenters. The van der Waals surface area contributed by atoms with Crippen LogP contribution >= 0.6 is 0 Å². The Morgan fingerprint density at radius 2 is 2.00 bits per heavy atom. The predicted octanol–water partition coefficient (Wildman–Crippen LogP) is 1.30. The fourth-order valence-corrected chi connectivity index (χ4v) is 3.82. The minimum atomic E-state index is -0.921. The molecular formula is C18H25N5O2. The predicted molar refractivity (Wildman–Crippen MR) is 93.4 cm³/mol. The average molecular weight is 343 g/mol. The van der Waals surface area contributed by atoms with Gasteiger partial charge in [0, 0.05) is 24.5 Å². The lowest BCUT2D eigenvalue weighted by Gasteiger charge is -2.24. The van der Waals surface area contributed by atoms with Crippen LogP contribution in [0.5, 0.6) is 0 Å². The van der Waals surface area contributed by atoms with Gasteiger partial charge < -0.3 is 15.1 Å². The summed E-state index contributed by atoms with van der Waals surface area (Å²) in [6, 6.07) is 1.88. The van der Waals surface area contributed by atoms with Crippen molar-refractivity contribution in [3.8, 4) is 0 Å². The Balaban J connectivity index is 1.63. The third-order valence-electron chi connectivity index (χ3n) is 5.21. The van der Waals surface area contributed by atoms with E-state index < -0.39 is 6.10 Å². The fraction of sp³-hybridized carbons (Fsp3) is 0.611. The Morgan fingerprint density at radius 3 is 2.84 bits per heavy atom. The number of nitrogens with zero attached hydrogens (tertiary/aromatic N) is 5. The van der Waals surface area contributed by atoms with Crippen LogP contribution in [0.25, 0.3) is 0 Å². The van der Waals surface area contributed by atoms with Crippen LogP contribution in [0.2, 0.25) is 0 Å². The first-order valence-corrected chi connectivity index (χ1v) is 9.12. The summed E-state index contributed by atoms with van der Waals surface area (Å²) in [7, 11) is 0. The lowest BCUT2D eigenvalue weighted by molar-refractivity contribution is 0.0916. The molecule has 0 saturated carbocycles. The Labute approximate surface area is 147 Å². The van der Waals surface area contributed by atoms with Crippen LogP contribution in [-0.2, 0) is 25.9 Å². The number of hydrogen-bond acceptors (Lipinski definition) is 6. The molecule has 1 aliphatic heterocycles. The zero-order valence-corrected chi connectivity index (χ0v) is 14.6. The van der Waals surface area contributed by atoms with Crippen LogP contribution in [0.3, 0.4) is 0 Å². The van der Waals surface area contributed by atoms with E-state index in [1.165, 1.54) is 24.1 Å². The highest BCUT2D eigenvalue weighted by atomic mass is 16.3. The molecule has 3 heterocycles. The molecule has 0 spiro atoms. The summed E-state index contributed by atoms with van der Waals surface area (Å²) in [5.41, 5.74) is 5.21. The normalized spacial score (nSPS) is 18.4. The fourth-order valence-electron chi connectivity index (χ4n) is 3.82. The largest absolute Gasteiger partial charge is 0.393 e. The van der Waals surface area contributed by atoms with E-state index in [0.717, 1.165) is 49.7 Å². The minimum Gasteiger partial charge on any atom is -0.393 e. The van der Waals surface area contributed by atoms with Gasteiger partial charge in [0.05, 0.1) is 24.5 Å². The van der Waals surface area contributed by atoms with Crippen molar-refractivity contribution in [2.45, 2.75) is 58.2 Å². The molecule has 0 radical (unpaired) electrons. The summed E-state index contributed by atoms with van der Waals surface area (Å²) in [6.07, 6.45) is 4.60. The van der Waals surface area contributed by atoms with Gasteiger partial charge in [0.2, 0.25) is 5.95 Å². The summed E-state index contributed by atoms with van der Waals surface area (Å²) in [5, 5.41) is 23.4. The highest BCUT2D eigenvalue weighted by Crippen LogP contribution is 2.26. The van der Waals surface area contributed by atoms with Crippen LogP contribution < -0.4 is 4.90 Å². The summed E-state index contributed by atoms with van der Waals surface area (Å²) in [4.78, 5) is 11.9. The molecule has 2 aromatic rings. The molecule has 2 N–H and O–H groups in total. The molecule has 2 aliphatic rings. The average Bonchev–Trinajstić information content (AvgIpc) is 2.92. The Kier molecular flexibility index (Phi) is 4.43. The molecule has 7 nitrogen and oxygen atoms in total. The molecule has 134 valence electrons. The van der Waals surface area contributed by atoms with Gasteiger partial charge in [-0.25, -0.2) is 9.97 Å². The second-order valence-electron chi connectivity index (χ2n) is 7.00. The Hall–Kier alpha value is -1.99. The molecule has 4 rings (SSSR count). The van der Waals surface area contributed by atoms with Gasteiger partial charge in [-0.1, -0.05) is 0 Å². The number of hydrogen-bond donors (Lipinski definition) is 2. The molecule has 0 aromatic carbocycles. The zero-order valence-electron chi connectivity index (χ0n) is 14.6. The number of fused-ring (bicyclic) bond motifs is 2. The quantitative estimate of drug-likeness (QED) is 0.873. The maximum atomic E-state index is 9.84. The van der Waals surface area contributed by atoms with Gasteiger partial charge in [0.25, 0.3) is 0 Å². The second-order valence-corrected chi connectivity index (χ2v) is 7.00. The van der Waals surface area contributed by atoms with Crippen LogP contribution in [0.1, 0.15) is 53.7 Å². The molecule has 7 heteroatoms. The van der Waals surface area contributed by atoms with Crippen molar-refractivity contribution in [2.75, 3.05) is 18.1 Å². The van der Waals surface area contributed by atoms with Gasteiger partial charge in [-0.15, -0.1) is 0 Å². The molecular weight excluding hydrogens is 318 g/mol. The second kappa shape index (κ2) is 6.72. The van der Waals surface area contributed by atoms with Gasteiger partial charge >= 0.3 is 0 Å². The lowest BCUT2D eigenvalue weighted by Crippen LogP contribution is -2.26. The molecule has 1 atom stereocenters. The first-order valence-electron chi connectivity index (χ1n) is 9.12. The van der Waals surface area contributed by atoms with E-state index in [1.54, 1.807) is 0 Å². The molecule has 2 aromatic heterocycles. The van der Waals surface area contributed by atoms with Crippen molar-refractivity contribution >= 4 is 5.95 Å². The summed E-state index contributed by atoms with van der Waals surface area (Å²) >= 11 is 0. The zero-order chi connectivity index (χ0) is 17.4. The van der Waals surface area contributed by atoms with E-state index >= 15 is 0 Å². The van der Waals surface area contributed by atoms with Crippen molar-refractivity contribution in [1.29, 1.82) is 0 Å². The first kappa shape index (κ1) is 16.5. The Bertz CT molecular complexity index is 773. The van der Waals surface area contributed by atoms with Crippen LogP contribution in [0.15, 0.2) is 6.07 Å². The molecule has 0 amide bonds. The maximum Gasteiger partial charge on any atom is 0.226 e. The van der Waals surface area contributed by atoms with Crippen molar-refractivity contribution in [1.82, 2.24) is 19.7 Å². The monoisotopic (exact) mass is 343 g/mol. The highest BCUT2D eigenvalue weighted by molar-refractivity contribution is 5.39. The van der Waals surface area contributed by atoms with Crippen molar-refractivity contribution in [3.05, 3.63) is 34.4 Å². The molecule has 1 aliphatic carbocycles. The standard InChI is InChI=1S/C18H25N5O2/c1-12-14-5-2-3-6-15(14)20-18(19-12)22-7-4-8-23-13(10-22)9-16(21-23)17(25)11-24/h9,17,24-25H,2-8,10-11H2,1H3/t17-/m1/s1. The van der Waals surface area contributed by atoms with E-state index in [1.807, 2.05) is 10.7 Å². The Morgan fingerprint density at radius 1 is 1.16 bits per heavy atom. The highest BCUT2D eigenvalue weighted by Gasteiger charge is 2.23. The van der Waals surface area contributed by atoms with Gasteiger partial charge in [0.15, 0.2) is 0 Å². The number of aromatic nitrogens is 4. The molecule has 0 bridgehead atoms. The SMILES string of the molecule is Cc1nc(N2CCCn3nc([C@H](O)CO)cc3C2)nc2c1CCCC2. The summed E-state index contributed by atoms with van der Waals surface area (Å²) in [5.74, 6) is 0.803. The van der Waals surface area contributed by atoms with E-state index in [4.69, 9.17) is 15.1 Å². The van der Waals surface area contributed by atoms with Gasteiger partial charge in [-0.2, -0.15) is 5.10 Å². The molecule has 0 saturated heterocycles. The van der Waals surface area contributed by atoms with Crippen molar-refractivity contribution in [2.24, 2.45) is 0 Å². The van der Waals surface area contributed by atoms with Gasteiger partial charge in [-0.05, 0) is 50.7 Å². The van der Waals surface area contributed by atoms with Crippen LogP contribution in [0, 0.1) is 6.92 Å². The third kappa shape index (κ3) is 3.14. The van der Waals surface area contributed by atoms with E-state index in [0.29, 0.717) is 12.2 Å². The van der Waals surface area contributed by atoms with Crippen LogP contribution in [0.4, 0.5) is 5.95 Å². The third-order valence-corrected chi connectivity index (χ3v) is 5.21. The number of aryl methyl sites for hydroxylation is 3. The van der Waals surface area contributed by atoms with Gasteiger partial charge in [0.1, 0.15) is 6.10 Å². The van der Waals surface area contributed by atoms with E-state index in [-0.39, 0.29) is 6.61 Å². The van der Waals surface area contributed by atoms with E-state index in [9.17, 15) is 5.11 Å². The summed E-state index contributed by atoms with van der Waals surface area (Å²) in [6.45, 7) is 4.14. The van der Waals surface area contributed by atoms with E-state index in [2.05, 4.69) is 16.9 Å². The van der Waals surface area contributed by atoms with Crippen LogP contribution in [-0.4, -0.2) is 43.1 Å². The molecule has 25 heavy (non-hydrogen) atoms. The lowest BCUT2D eigenvalue weighted by atomic mass is 9.95. The number of aliphatic hydroxyl groups excluding tert-OH is 2. The minimum absolute atomic E-state index is 0.312. The number of anilines is 1.